The van der Waals surface area contributed by atoms with Crippen LogP contribution in [0.3, 0.4) is 0 Å². The SMILES string of the molecule is Cc1cc(Br)ccc1Oc1ccnc(N)n1. The molecule has 0 aliphatic rings. The van der Waals surface area contributed by atoms with Crippen molar-refractivity contribution in [2.75, 3.05) is 5.73 Å². The number of hydrogen-bond donors (Lipinski definition) is 1. The van der Waals surface area contributed by atoms with Gasteiger partial charge in [0.25, 0.3) is 0 Å². The van der Waals surface area contributed by atoms with Crippen LogP contribution in [0, 0.1) is 6.92 Å². The fraction of sp³-hybridized carbons (Fsp3) is 0.0909. The van der Waals surface area contributed by atoms with Crippen molar-refractivity contribution in [3.63, 3.8) is 0 Å². The van der Waals surface area contributed by atoms with Crippen LogP contribution < -0.4 is 10.5 Å². The Morgan fingerprint density at radius 2 is 2.12 bits per heavy atom. The quantitative estimate of drug-likeness (QED) is 0.918. The van der Waals surface area contributed by atoms with Crippen LogP contribution in [0.15, 0.2) is 34.9 Å². The summed E-state index contributed by atoms with van der Waals surface area (Å²) in [7, 11) is 0. The Morgan fingerprint density at radius 1 is 1.31 bits per heavy atom. The zero-order valence-corrected chi connectivity index (χ0v) is 10.2. The van der Waals surface area contributed by atoms with Gasteiger partial charge in [-0.05, 0) is 30.7 Å². The lowest BCUT2D eigenvalue weighted by molar-refractivity contribution is 0.459. The summed E-state index contributed by atoms with van der Waals surface area (Å²) in [6.07, 6.45) is 1.56. The Balaban J connectivity index is 2.27. The van der Waals surface area contributed by atoms with Crippen molar-refractivity contribution in [1.82, 2.24) is 9.97 Å². The summed E-state index contributed by atoms with van der Waals surface area (Å²) in [5.41, 5.74) is 6.48. The van der Waals surface area contributed by atoms with Crippen LogP contribution in [0.5, 0.6) is 11.6 Å². The fourth-order valence-electron chi connectivity index (χ4n) is 1.25. The van der Waals surface area contributed by atoms with Gasteiger partial charge in [-0.3, -0.25) is 0 Å². The molecule has 0 atom stereocenters. The standard InChI is InChI=1S/C11H10BrN3O/c1-7-6-8(12)2-3-9(7)16-10-4-5-14-11(13)15-10/h2-6H,1H3,(H2,13,14,15). The Hall–Kier alpha value is -1.62. The molecule has 4 nitrogen and oxygen atoms in total. The Bertz CT molecular complexity index is 516. The second-order valence-corrected chi connectivity index (χ2v) is 4.18. The number of benzene rings is 1. The van der Waals surface area contributed by atoms with Gasteiger partial charge >= 0.3 is 0 Å². The highest BCUT2D eigenvalue weighted by molar-refractivity contribution is 9.10. The zero-order valence-electron chi connectivity index (χ0n) is 8.64. The van der Waals surface area contributed by atoms with Crippen molar-refractivity contribution in [1.29, 1.82) is 0 Å². The van der Waals surface area contributed by atoms with Gasteiger partial charge in [0.05, 0.1) is 0 Å². The monoisotopic (exact) mass is 279 g/mol. The summed E-state index contributed by atoms with van der Waals surface area (Å²) in [6, 6.07) is 7.42. The molecule has 82 valence electrons. The van der Waals surface area contributed by atoms with Gasteiger partial charge < -0.3 is 10.5 Å². The topological polar surface area (TPSA) is 61.0 Å². The number of nitrogens with zero attached hydrogens (tertiary/aromatic N) is 2. The molecule has 5 heteroatoms. The van der Waals surface area contributed by atoms with Crippen LogP contribution in [0.2, 0.25) is 0 Å². The smallest absolute Gasteiger partial charge is 0.224 e. The first-order valence-electron chi connectivity index (χ1n) is 4.67. The third kappa shape index (κ3) is 2.49. The predicted molar refractivity (Wildman–Crippen MR) is 65.4 cm³/mol. The van der Waals surface area contributed by atoms with Gasteiger partial charge in [-0.15, -0.1) is 0 Å². The highest BCUT2D eigenvalue weighted by Crippen LogP contribution is 2.26. The van der Waals surface area contributed by atoms with Gasteiger partial charge in [0, 0.05) is 16.7 Å². The number of aromatic nitrogens is 2. The average Bonchev–Trinajstić information content (AvgIpc) is 2.22. The van der Waals surface area contributed by atoms with Gasteiger partial charge in [0.1, 0.15) is 5.75 Å². The number of ether oxygens (including phenoxy) is 1. The lowest BCUT2D eigenvalue weighted by Crippen LogP contribution is -1.96. The zero-order chi connectivity index (χ0) is 11.5. The molecule has 0 unspecified atom stereocenters. The van der Waals surface area contributed by atoms with Crippen LogP contribution in [0.1, 0.15) is 5.56 Å². The summed E-state index contributed by atoms with van der Waals surface area (Å²) >= 11 is 3.39. The van der Waals surface area contributed by atoms with E-state index in [1.165, 1.54) is 0 Å². The highest BCUT2D eigenvalue weighted by atomic mass is 79.9. The Kier molecular flexibility index (Phi) is 3.05. The van der Waals surface area contributed by atoms with E-state index in [1.807, 2.05) is 25.1 Å². The van der Waals surface area contributed by atoms with E-state index in [-0.39, 0.29) is 5.95 Å². The van der Waals surface area contributed by atoms with E-state index in [9.17, 15) is 0 Å². The first-order valence-corrected chi connectivity index (χ1v) is 5.47. The van der Waals surface area contributed by atoms with E-state index in [0.29, 0.717) is 5.88 Å². The maximum Gasteiger partial charge on any atom is 0.224 e. The van der Waals surface area contributed by atoms with E-state index in [1.54, 1.807) is 12.3 Å². The summed E-state index contributed by atoms with van der Waals surface area (Å²) in [6.45, 7) is 1.96. The number of aryl methyl sites for hydroxylation is 1. The van der Waals surface area contributed by atoms with Crippen LogP contribution in [0.4, 0.5) is 5.95 Å². The minimum atomic E-state index is 0.201. The molecule has 0 bridgehead atoms. The van der Waals surface area contributed by atoms with Crippen molar-refractivity contribution in [3.8, 4) is 11.6 Å². The molecular formula is C11H10BrN3O. The predicted octanol–water partition coefficient (Wildman–Crippen LogP) is 2.92. The minimum absolute atomic E-state index is 0.201. The lowest BCUT2D eigenvalue weighted by atomic mass is 10.2. The Labute approximate surface area is 102 Å². The van der Waals surface area contributed by atoms with Crippen molar-refractivity contribution >= 4 is 21.9 Å². The summed E-state index contributed by atoms with van der Waals surface area (Å²) < 4.78 is 6.61. The minimum Gasteiger partial charge on any atom is -0.439 e. The third-order valence-corrected chi connectivity index (χ3v) is 2.49. The van der Waals surface area contributed by atoms with Crippen LogP contribution in [-0.4, -0.2) is 9.97 Å². The van der Waals surface area contributed by atoms with Crippen molar-refractivity contribution in [2.24, 2.45) is 0 Å². The first kappa shape index (κ1) is 10.9. The molecule has 2 rings (SSSR count). The van der Waals surface area contributed by atoms with Crippen LogP contribution >= 0.6 is 15.9 Å². The van der Waals surface area contributed by atoms with E-state index >= 15 is 0 Å². The largest absolute Gasteiger partial charge is 0.439 e. The molecule has 0 saturated carbocycles. The summed E-state index contributed by atoms with van der Waals surface area (Å²) in [5.74, 6) is 1.39. The van der Waals surface area contributed by atoms with E-state index in [4.69, 9.17) is 10.5 Å². The molecule has 0 aliphatic heterocycles. The normalized spacial score (nSPS) is 10.1. The van der Waals surface area contributed by atoms with E-state index in [2.05, 4.69) is 25.9 Å². The first-order chi connectivity index (χ1) is 7.65. The number of halogens is 1. The van der Waals surface area contributed by atoms with Gasteiger partial charge in [0.2, 0.25) is 11.8 Å². The summed E-state index contributed by atoms with van der Waals surface area (Å²) in [5, 5.41) is 0. The number of anilines is 1. The molecule has 16 heavy (non-hydrogen) atoms. The second kappa shape index (κ2) is 4.49. The number of nitrogens with two attached hydrogens (primary N) is 1. The molecular weight excluding hydrogens is 270 g/mol. The van der Waals surface area contributed by atoms with E-state index in [0.717, 1.165) is 15.8 Å². The van der Waals surface area contributed by atoms with Gasteiger partial charge in [-0.1, -0.05) is 15.9 Å². The second-order valence-electron chi connectivity index (χ2n) is 3.26. The van der Waals surface area contributed by atoms with Crippen molar-refractivity contribution in [2.45, 2.75) is 6.92 Å². The maximum atomic E-state index is 5.59. The number of rotatable bonds is 2. The lowest BCUT2D eigenvalue weighted by Gasteiger charge is -2.07. The molecule has 0 fully saturated rings. The molecule has 2 N–H and O–H groups in total. The van der Waals surface area contributed by atoms with Crippen LogP contribution in [0.25, 0.3) is 0 Å². The number of nitrogen functional groups attached to an aromatic ring is 1. The van der Waals surface area contributed by atoms with Crippen molar-refractivity contribution in [3.05, 3.63) is 40.5 Å². The highest BCUT2D eigenvalue weighted by Gasteiger charge is 2.03. The summed E-state index contributed by atoms with van der Waals surface area (Å²) in [4.78, 5) is 7.76. The van der Waals surface area contributed by atoms with Gasteiger partial charge in [-0.2, -0.15) is 4.98 Å². The molecule has 1 aromatic heterocycles. The van der Waals surface area contributed by atoms with Gasteiger partial charge in [-0.25, -0.2) is 4.98 Å². The fourth-order valence-corrected chi connectivity index (χ4v) is 1.73. The molecule has 0 radical (unpaired) electrons. The van der Waals surface area contributed by atoms with Crippen LogP contribution in [-0.2, 0) is 0 Å². The molecule has 0 spiro atoms. The molecule has 0 saturated heterocycles. The maximum absolute atomic E-state index is 5.59. The number of hydrogen-bond acceptors (Lipinski definition) is 4. The van der Waals surface area contributed by atoms with Crippen molar-refractivity contribution < 1.29 is 4.74 Å². The molecule has 0 aliphatic carbocycles. The molecule has 1 aromatic carbocycles. The molecule has 1 heterocycles. The third-order valence-electron chi connectivity index (χ3n) is 2.00. The average molecular weight is 280 g/mol. The molecule has 2 aromatic rings. The van der Waals surface area contributed by atoms with E-state index < -0.39 is 0 Å². The van der Waals surface area contributed by atoms with Gasteiger partial charge in [0.15, 0.2) is 0 Å². The Morgan fingerprint density at radius 3 is 2.81 bits per heavy atom. The molecule has 0 amide bonds.